The van der Waals surface area contributed by atoms with Gasteiger partial charge in [-0.3, -0.25) is 9.78 Å². The second kappa shape index (κ2) is 6.09. The Labute approximate surface area is 151 Å². The molecule has 1 amide bonds. The molecule has 0 bridgehead atoms. The average molecular weight is 351 g/mol. The van der Waals surface area contributed by atoms with E-state index in [0.717, 1.165) is 24.2 Å². The molecule has 0 spiro atoms. The van der Waals surface area contributed by atoms with E-state index in [4.69, 9.17) is 4.42 Å². The Morgan fingerprint density at radius 3 is 2.77 bits per heavy atom. The Bertz CT molecular complexity index is 991. The SMILES string of the molecule is Cc1cccc(CNC(=O)c2coc3nc(C)nc(NC4(C)CC4)c23)n1. The largest absolute Gasteiger partial charge is 0.445 e. The summed E-state index contributed by atoms with van der Waals surface area (Å²) >= 11 is 0. The van der Waals surface area contributed by atoms with Crippen molar-refractivity contribution in [3.8, 4) is 0 Å². The van der Waals surface area contributed by atoms with Crippen LogP contribution < -0.4 is 10.6 Å². The van der Waals surface area contributed by atoms with Crippen LogP contribution >= 0.6 is 0 Å². The normalized spacial score (nSPS) is 15.0. The Morgan fingerprint density at radius 2 is 2.04 bits per heavy atom. The number of aromatic nitrogens is 3. The minimum Gasteiger partial charge on any atom is -0.445 e. The van der Waals surface area contributed by atoms with Crippen molar-refractivity contribution in [1.29, 1.82) is 0 Å². The highest BCUT2D eigenvalue weighted by Gasteiger charge is 2.38. The molecule has 0 radical (unpaired) electrons. The molecule has 26 heavy (non-hydrogen) atoms. The number of nitrogens with zero attached hydrogens (tertiary/aromatic N) is 3. The number of rotatable bonds is 5. The highest BCUT2D eigenvalue weighted by molar-refractivity contribution is 6.08. The lowest BCUT2D eigenvalue weighted by Gasteiger charge is -2.14. The number of anilines is 1. The number of carbonyl (C=O) groups excluding carboxylic acids is 1. The van der Waals surface area contributed by atoms with Gasteiger partial charge in [0.15, 0.2) is 0 Å². The van der Waals surface area contributed by atoms with Crippen molar-refractivity contribution in [2.75, 3.05) is 5.32 Å². The molecule has 0 unspecified atom stereocenters. The van der Waals surface area contributed by atoms with E-state index in [1.807, 2.05) is 32.0 Å². The molecule has 0 atom stereocenters. The monoisotopic (exact) mass is 351 g/mol. The van der Waals surface area contributed by atoms with Gasteiger partial charge in [-0.05, 0) is 45.7 Å². The molecule has 1 saturated carbocycles. The van der Waals surface area contributed by atoms with Gasteiger partial charge in [0.2, 0.25) is 5.71 Å². The Hall–Kier alpha value is -2.96. The van der Waals surface area contributed by atoms with E-state index in [-0.39, 0.29) is 11.4 Å². The van der Waals surface area contributed by atoms with E-state index < -0.39 is 0 Å². The molecule has 3 heterocycles. The van der Waals surface area contributed by atoms with Gasteiger partial charge in [-0.1, -0.05) is 6.07 Å². The zero-order valence-electron chi connectivity index (χ0n) is 15.1. The van der Waals surface area contributed by atoms with Gasteiger partial charge >= 0.3 is 0 Å². The summed E-state index contributed by atoms with van der Waals surface area (Å²) in [5, 5.41) is 6.96. The summed E-state index contributed by atoms with van der Waals surface area (Å²) in [6.45, 7) is 6.22. The number of fused-ring (bicyclic) bond motifs is 1. The number of amides is 1. The van der Waals surface area contributed by atoms with E-state index in [9.17, 15) is 4.79 Å². The predicted octanol–water partition coefficient (Wildman–Crippen LogP) is 3.13. The maximum atomic E-state index is 12.7. The van der Waals surface area contributed by atoms with Gasteiger partial charge in [-0.2, -0.15) is 4.98 Å². The molecule has 4 rings (SSSR count). The third kappa shape index (κ3) is 3.24. The van der Waals surface area contributed by atoms with Gasteiger partial charge in [0.05, 0.1) is 23.2 Å². The highest BCUT2D eigenvalue weighted by Crippen LogP contribution is 2.39. The highest BCUT2D eigenvalue weighted by atomic mass is 16.3. The third-order valence-corrected chi connectivity index (χ3v) is 4.59. The first-order valence-corrected chi connectivity index (χ1v) is 8.68. The first-order valence-electron chi connectivity index (χ1n) is 8.68. The van der Waals surface area contributed by atoms with Crippen LogP contribution in [0.4, 0.5) is 5.82 Å². The van der Waals surface area contributed by atoms with Crippen LogP contribution in [0.5, 0.6) is 0 Å². The van der Waals surface area contributed by atoms with Gasteiger partial charge < -0.3 is 15.1 Å². The van der Waals surface area contributed by atoms with Gasteiger partial charge in [0.1, 0.15) is 17.9 Å². The van der Waals surface area contributed by atoms with Crippen molar-refractivity contribution in [3.63, 3.8) is 0 Å². The molecule has 2 N–H and O–H groups in total. The quantitative estimate of drug-likeness (QED) is 0.733. The molecule has 3 aromatic heterocycles. The molecule has 0 saturated heterocycles. The van der Waals surface area contributed by atoms with Crippen LogP contribution in [-0.4, -0.2) is 26.4 Å². The second-order valence-electron chi connectivity index (χ2n) is 7.09. The molecule has 7 heteroatoms. The topological polar surface area (TPSA) is 92.9 Å². The molecular formula is C19H21N5O2. The van der Waals surface area contributed by atoms with E-state index in [1.54, 1.807) is 0 Å². The van der Waals surface area contributed by atoms with Gasteiger partial charge in [-0.25, -0.2) is 4.98 Å². The molecule has 7 nitrogen and oxygen atoms in total. The molecule has 134 valence electrons. The fourth-order valence-electron chi connectivity index (χ4n) is 2.87. The Morgan fingerprint density at radius 1 is 1.23 bits per heavy atom. The number of furan rings is 1. The lowest BCUT2D eigenvalue weighted by Crippen LogP contribution is -2.24. The molecule has 3 aromatic rings. The standard InChI is InChI=1S/C19H21N5O2/c1-11-5-4-6-13(21-11)9-20-17(25)14-10-26-18-15(14)16(22-12(2)23-18)24-19(3)7-8-19/h4-6,10H,7-9H2,1-3H3,(H,20,25)(H,22,23,24). The first kappa shape index (κ1) is 16.5. The van der Waals surface area contributed by atoms with Gasteiger partial charge in [0, 0.05) is 11.2 Å². The second-order valence-corrected chi connectivity index (χ2v) is 7.09. The van der Waals surface area contributed by atoms with Crippen LogP contribution in [0.1, 0.15) is 47.3 Å². The molecule has 1 aliphatic carbocycles. The van der Waals surface area contributed by atoms with Crippen LogP contribution in [-0.2, 0) is 6.54 Å². The van der Waals surface area contributed by atoms with Crippen LogP contribution in [0.2, 0.25) is 0 Å². The van der Waals surface area contributed by atoms with Crippen LogP contribution in [0.15, 0.2) is 28.9 Å². The van der Waals surface area contributed by atoms with Crippen LogP contribution in [0, 0.1) is 13.8 Å². The maximum Gasteiger partial charge on any atom is 0.255 e. The summed E-state index contributed by atoms with van der Waals surface area (Å²) in [4.78, 5) is 25.9. The summed E-state index contributed by atoms with van der Waals surface area (Å²) in [7, 11) is 0. The number of pyridine rings is 1. The molecular weight excluding hydrogens is 330 g/mol. The number of hydrogen-bond acceptors (Lipinski definition) is 6. The molecule has 1 aliphatic rings. The smallest absolute Gasteiger partial charge is 0.255 e. The predicted molar refractivity (Wildman–Crippen MR) is 97.9 cm³/mol. The zero-order chi connectivity index (χ0) is 18.3. The lowest BCUT2D eigenvalue weighted by molar-refractivity contribution is 0.0951. The van der Waals surface area contributed by atoms with E-state index in [0.29, 0.717) is 34.9 Å². The fraction of sp³-hybridized carbons (Fsp3) is 0.368. The fourth-order valence-corrected chi connectivity index (χ4v) is 2.87. The number of hydrogen-bond donors (Lipinski definition) is 2. The molecule has 0 aromatic carbocycles. The maximum absolute atomic E-state index is 12.7. The lowest BCUT2D eigenvalue weighted by atomic mass is 10.2. The van der Waals surface area contributed by atoms with Crippen molar-refractivity contribution in [1.82, 2.24) is 20.3 Å². The summed E-state index contributed by atoms with van der Waals surface area (Å²) in [5.41, 5.74) is 2.60. The Balaban J connectivity index is 1.62. The third-order valence-electron chi connectivity index (χ3n) is 4.59. The van der Waals surface area contributed by atoms with Crippen molar-refractivity contribution in [3.05, 3.63) is 47.2 Å². The van der Waals surface area contributed by atoms with Gasteiger partial charge in [0.25, 0.3) is 5.91 Å². The molecule has 1 fully saturated rings. The zero-order valence-corrected chi connectivity index (χ0v) is 15.1. The van der Waals surface area contributed by atoms with Crippen molar-refractivity contribution in [2.45, 2.75) is 45.7 Å². The summed E-state index contributed by atoms with van der Waals surface area (Å²) in [6.07, 6.45) is 3.60. The van der Waals surface area contributed by atoms with Gasteiger partial charge in [-0.15, -0.1) is 0 Å². The first-order chi connectivity index (χ1) is 12.4. The Kier molecular flexibility index (Phi) is 3.86. The van der Waals surface area contributed by atoms with Crippen molar-refractivity contribution >= 4 is 22.8 Å². The minimum absolute atomic E-state index is 0.0320. The summed E-state index contributed by atoms with van der Waals surface area (Å²) in [6, 6.07) is 5.73. The number of carbonyl (C=O) groups is 1. The van der Waals surface area contributed by atoms with E-state index in [2.05, 4.69) is 32.5 Å². The van der Waals surface area contributed by atoms with Crippen LogP contribution in [0.25, 0.3) is 11.1 Å². The van der Waals surface area contributed by atoms with E-state index in [1.165, 1.54) is 6.26 Å². The summed E-state index contributed by atoms with van der Waals surface area (Å²) < 4.78 is 5.53. The minimum atomic E-state index is -0.233. The van der Waals surface area contributed by atoms with Crippen LogP contribution in [0.3, 0.4) is 0 Å². The van der Waals surface area contributed by atoms with Crippen molar-refractivity contribution < 1.29 is 9.21 Å². The number of aryl methyl sites for hydroxylation is 2. The van der Waals surface area contributed by atoms with Crippen molar-refractivity contribution in [2.24, 2.45) is 0 Å². The molecule has 0 aliphatic heterocycles. The van der Waals surface area contributed by atoms with E-state index >= 15 is 0 Å². The summed E-state index contributed by atoms with van der Waals surface area (Å²) in [5.74, 6) is 1.03. The number of nitrogens with one attached hydrogen (secondary N) is 2. The average Bonchev–Trinajstić information content (AvgIpc) is 3.15.